The van der Waals surface area contributed by atoms with Crippen molar-refractivity contribution in [3.05, 3.63) is 58.7 Å². The third kappa shape index (κ3) is 3.28. The van der Waals surface area contributed by atoms with E-state index >= 15 is 0 Å². The average molecular weight is 430 g/mol. The van der Waals surface area contributed by atoms with Crippen LogP contribution in [0, 0.1) is 6.92 Å². The molecule has 9 heteroatoms. The van der Waals surface area contributed by atoms with E-state index in [9.17, 15) is 0 Å². The molecule has 8 nitrogen and oxygen atoms in total. The van der Waals surface area contributed by atoms with Gasteiger partial charge in [-0.25, -0.2) is 14.6 Å². The first-order valence-corrected chi connectivity index (χ1v) is 10.8. The average Bonchev–Trinajstić information content (AvgIpc) is 3.40. The van der Waals surface area contributed by atoms with E-state index in [2.05, 4.69) is 37.0 Å². The molecule has 0 saturated heterocycles. The highest BCUT2D eigenvalue weighted by Gasteiger charge is 2.19. The molecule has 3 aromatic heterocycles. The zero-order valence-corrected chi connectivity index (χ0v) is 17.5. The Morgan fingerprint density at radius 3 is 2.97 bits per heavy atom. The summed E-state index contributed by atoms with van der Waals surface area (Å²) >= 11 is 1.74. The van der Waals surface area contributed by atoms with Crippen molar-refractivity contribution in [3.63, 3.8) is 0 Å². The summed E-state index contributed by atoms with van der Waals surface area (Å²) < 4.78 is 10.8. The van der Waals surface area contributed by atoms with Crippen LogP contribution in [0.4, 0.5) is 11.5 Å². The van der Waals surface area contributed by atoms with E-state index in [0.29, 0.717) is 16.8 Å². The Morgan fingerprint density at radius 1 is 1.10 bits per heavy atom. The van der Waals surface area contributed by atoms with Gasteiger partial charge in [-0.1, -0.05) is 0 Å². The third-order valence-corrected chi connectivity index (χ3v) is 6.54. The molecule has 1 aliphatic heterocycles. The summed E-state index contributed by atoms with van der Waals surface area (Å²) in [6.07, 6.45) is 2.62. The van der Waals surface area contributed by atoms with Gasteiger partial charge in [0.1, 0.15) is 39.5 Å². The van der Waals surface area contributed by atoms with Gasteiger partial charge in [-0.3, -0.25) is 0 Å². The fourth-order valence-electron chi connectivity index (χ4n) is 3.88. The van der Waals surface area contributed by atoms with Crippen LogP contribution in [-0.4, -0.2) is 26.8 Å². The topological polar surface area (TPSA) is 98.0 Å². The van der Waals surface area contributed by atoms with E-state index < -0.39 is 0 Å². The fourth-order valence-corrected chi connectivity index (χ4v) is 5.04. The minimum absolute atomic E-state index is 0.663. The van der Waals surface area contributed by atoms with Gasteiger partial charge in [0.15, 0.2) is 0 Å². The number of rotatable bonds is 4. The molecule has 0 spiro atoms. The van der Waals surface area contributed by atoms with Crippen molar-refractivity contribution in [3.8, 4) is 11.5 Å². The first kappa shape index (κ1) is 18.2. The summed E-state index contributed by atoms with van der Waals surface area (Å²) in [5.74, 6) is 2.30. The van der Waals surface area contributed by atoms with Gasteiger partial charge >= 0.3 is 0 Å². The Hall–Kier alpha value is -3.56. The molecular weight excluding hydrogens is 412 g/mol. The van der Waals surface area contributed by atoms with Crippen LogP contribution in [0.3, 0.4) is 0 Å². The summed E-state index contributed by atoms with van der Waals surface area (Å²) in [5.41, 5.74) is 4.68. The number of aryl methyl sites for hydroxylation is 1. The second-order valence-corrected chi connectivity index (χ2v) is 8.54. The lowest BCUT2D eigenvalue weighted by molar-refractivity contribution is 0.315. The quantitative estimate of drug-likeness (QED) is 0.423. The molecule has 0 fully saturated rings. The van der Waals surface area contributed by atoms with E-state index in [-0.39, 0.29) is 0 Å². The monoisotopic (exact) mass is 430 g/mol. The maximum absolute atomic E-state index is 6.06. The predicted octanol–water partition coefficient (Wildman–Crippen LogP) is 4.72. The Morgan fingerprint density at radius 2 is 2.03 bits per heavy atom. The fraction of sp³-hybridized carbons (Fsp3) is 0.182. The summed E-state index contributed by atoms with van der Waals surface area (Å²) in [6, 6.07) is 11.5. The summed E-state index contributed by atoms with van der Waals surface area (Å²) in [4.78, 5) is 11.4. The maximum Gasteiger partial charge on any atom is 0.142 e. The zero-order chi connectivity index (χ0) is 20.8. The number of hydrogen-bond acceptors (Lipinski definition) is 9. The molecule has 2 aromatic carbocycles. The Kier molecular flexibility index (Phi) is 4.29. The largest absolute Gasteiger partial charge is 0.457 e. The molecule has 1 aliphatic rings. The van der Waals surface area contributed by atoms with Gasteiger partial charge in [-0.15, -0.1) is 11.3 Å². The van der Waals surface area contributed by atoms with E-state index in [0.717, 1.165) is 52.5 Å². The molecule has 0 saturated carbocycles. The number of thiophene rings is 1. The van der Waals surface area contributed by atoms with Gasteiger partial charge in [0.25, 0.3) is 0 Å². The lowest BCUT2D eigenvalue weighted by atomic mass is 10.1. The third-order valence-electron chi connectivity index (χ3n) is 5.40. The Bertz CT molecular complexity index is 1430. The van der Waals surface area contributed by atoms with Crippen LogP contribution in [0.15, 0.2) is 47.4 Å². The molecule has 5 aromatic rings. The van der Waals surface area contributed by atoms with Crippen molar-refractivity contribution >= 4 is 44.1 Å². The smallest absolute Gasteiger partial charge is 0.142 e. The first-order valence-electron chi connectivity index (χ1n) is 9.98. The standard InChI is InChI=1S/C22H18N6O2S/c1-12-8-13(2-5-18(12)29-14-3-4-16-17(9-14)28-30-27-16)26-21-20-15-6-7-23-10-19(15)31-22(20)25-11-24-21/h2-5,8-9,11,23H,6-7,10H2,1H3,(H,24,25,26). The van der Waals surface area contributed by atoms with Gasteiger partial charge in [0.05, 0.1) is 5.39 Å². The van der Waals surface area contributed by atoms with Gasteiger partial charge in [0, 0.05) is 23.2 Å². The van der Waals surface area contributed by atoms with Gasteiger partial charge in [-0.2, -0.15) is 0 Å². The lowest BCUT2D eigenvalue weighted by Crippen LogP contribution is -2.22. The van der Waals surface area contributed by atoms with Crippen molar-refractivity contribution in [1.29, 1.82) is 0 Å². The number of fused-ring (bicyclic) bond motifs is 4. The zero-order valence-electron chi connectivity index (χ0n) is 16.7. The lowest BCUT2D eigenvalue weighted by Gasteiger charge is -2.14. The molecule has 4 heterocycles. The Labute approximate surface area is 181 Å². The SMILES string of the molecule is Cc1cc(Nc2ncnc3sc4c(c23)CCNC4)ccc1Oc1ccc2nonc2c1. The van der Waals surface area contributed by atoms with Crippen LogP contribution < -0.4 is 15.4 Å². The van der Waals surface area contributed by atoms with Crippen molar-refractivity contribution in [1.82, 2.24) is 25.6 Å². The van der Waals surface area contributed by atoms with Gasteiger partial charge < -0.3 is 15.4 Å². The number of hydrogen-bond donors (Lipinski definition) is 2. The molecule has 0 aliphatic carbocycles. The van der Waals surface area contributed by atoms with Crippen molar-refractivity contribution in [2.75, 3.05) is 11.9 Å². The second kappa shape index (κ2) is 7.29. The van der Waals surface area contributed by atoms with Gasteiger partial charge in [0.2, 0.25) is 0 Å². The molecular formula is C22H18N6O2S. The molecule has 0 amide bonds. The highest BCUT2D eigenvalue weighted by Crippen LogP contribution is 2.37. The number of nitrogens with one attached hydrogen (secondary N) is 2. The van der Waals surface area contributed by atoms with Crippen LogP contribution in [-0.2, 0) is 13.0 Å². The normalized spacial score (nSPS) is 13.5. The molecule has 31 heavy (non-hydrogen) atoms. The summed E-state index contributed by atoms with van der Waals surface area (Å²) in [6.45, 7) is 3.90. The number of anilines is 2. The van der Waals surface area contributed by atoms with Crippen molar-refractivity contribution < 1.29 is 9.37 Å². The number of nitrogens with zero attached hydrogens (tertiary/aromatic N) is 4. The summed E-state index contributed by atoms with van der Waals surface area (Å²) in [5, 5.41) is 15.7. The molecule has 0 atom stereocenters. The van der Waals surface area contributed by atoms with Crippen LogP contribution in [0.25, 0.3) is 21.3 Å². The minimum Gasteiger partial charge on any atom is -0.457 e. The number of benzene rings is 2. The molecule has 0 unspecified atom stereocenters. The number of aromatic nitrogens is 4. The predicted molar refractivity (Wildman–Crippen MR) is 119 cm³/mol. The van der Waals surface area contributed by atoms with Crippen LogP contribution >= 0.6 is 11.3 Å². The van der Waals surface area contributed by atoms with Crippen molar-refractivity contribution in [2.24, 2.45) is 0 Å². The highest BCUT2D eigenvalue weighted by molar-refractivity contribution is 7.19. The minimum atomic E-state index is 0.663. The molecule has 2 N–H and O–H groups in total. The second-order valence-electron chi connectivity index (χ2n) is 7.46. The van der Waals surface area contributed by atoms with Crippen molar-refractivity contribution in [2.45, 2.75) is 19.9 Å². The number of ether oxygens (including phenoxy) is 1. The Balaban J connectivity index is 1.29. The maximum atomic E-state index is 6.06. The highest BCUT2D eigenvalue weighted by atomic mass is 32.1. The molecule has 0 radical (unpaired) electrons. The van der Waals surface area contributed by atoms with Crippen LogP contribution in [0.2, 0.25) is 0 Å². The molecule has 0 bridgehead atoms. The molecule has 6 rings (SSSR count). The van der Waals surface area contributed by atoms with Crippen LogP contribution in [0.5, 0.6) is 11.5 Å². The van der Waals surface area contributed by atoms with Crippen LogP contribution in [0.1, 0.15) is 16.0 Å². The van der Waals surface area contributed by atoms with E-state index in [1.165, 1.54) is 10.4 Å². The summed E-state index contributed by atoms with van der Waals surface area (Å²) in [7, 11) is 0. The van der Waals surface area contributed by atoms with E-state index in [1.54, 1.807) is 17.7 Å². The van der Waals surface area contributed by atoms with E-state index in [1.807, 2.05) is 37.3 Å². The first-order chi connectivity index (χ1) is 15.2. The van der Waals surface area contributed by atoms with E-state index in [4.69, 9.17) is 9.37 Å². The van der Waals surface area contributed by atoms with Gasteiger partial charge in [-0.05, 0) is 71.7 Å². The molecule has 154 valence electrons.